The van der Waals surface area contributed by atoms with Crippen molar-refractivity contribution in [2.75, 3.05) is 11.9 Å². The smallest absolute Gasteiger partial charge is 0.305 e. The number of nitrogens with one attached hydrogen (secondary N) is 1. The Balaban J connectivity index is 2.21. The highest BCUT2D eigenvalue weighted by molar-refractivity contribution is 7.80. The van der Waals surface area contributed by atoms with E-state index in [1.54, 1.807) is 0 Å². The SMILES string of the molecule is NC(=S)c1nc(-c2cccs2)oc1NCCC(=O)O. The number of nitrogens with two attached hydrogens (primary N) is 1. The molecule has 0 aromatic carbocycles. The predicted molar refractivity (Wildman–Crippen MR) is 76.4 cm³/mol. The molecule has 0 radical (unpaired) electrons. The second kappa shape index (κ2) is 5.81. The van der Waals surface area contributed by atoms with Gasteiger partial charge in [-0.1, -0.05) is 18.3 Å². The highest BCUT2D eigenvalue weighted by atomic mass is 32.1. The Morgan fingerprint density at radius 2 is 2.42 bits per heavy atom. The molecule has 0 fully saturated rings. The van der Waals surface area contributed by atoms with E-state index in [2.05, 4.69) is 10.3 Å². The number of thiocarbonyl (C=S) groups is 1. The van der Waals surface area contributed by atoms with Crippen LogP contribution in [0.2, 0.25) is 0 Å². The fourth-order valence-corrected chi connectivity index (χ4v) is 2.18. The molecule has 2 rings (SSSR count). The topological polar surface area (TPSA) is 101 Å². The Morgan fingerprint density at radius 3 is 3.00 bits per heavy atom. The number of carbonyl (C=O) groups is 1. The predicted octanol–water partition coefficient (Wildman–Crippen LogP) is 1.92. The molecule has 0 bridgehead atoms. The van der Waals surface area contributed by atoms with Crippen LogP contribution in [0.4, 0.5) is 5.88 Å². The van der Waals surface area contributed by atoms with Crippen LogP contribution in [0.5, 0.6) is 0 Å². The molecule has 2 heterocycles. The fraction of sp³-hybridized carbons (Fsp3) is 0.182. The van der Waals surface area contributed by atoms with Gasteiger partial charge in [-0.25, -0.2) is 4.98 Å². The summed E-state index contributed by atoms with van der Waals surface area (Å²) in [6.07, 6.45) is -0.0359. The molecule has 0 unspecified atom stereocenters. The van der Waals surface area contributed by atoms with Gasteiger partial charge in [-0.2, -0.15) is 0 Å². The third-order valence-electron chi connectivity index (χ3n) is 2.22. The van der Waals surface area contributed by atoms with E-state index in [1.165, 1.54) is 11.3 Å². The number of hydrogen-bond acceptors (Lipinski definition) is 6. The van der Waals surface area contributed by atoms with Gasteiger partial charge in [0.2, 0.25) is 11.8 Å². The third kappa shape index (κ3) is 3.30. The van der Waals surface area contributed by atoms with Gasteiger partial charge in [0.1, 0.15) is 4.99 Å². The van der Waals surface area contributed by atoms with Gasteiger partial charge in [0.15, 0.2) is 5.69 Å². The normalized spacial score (nSPS) is 10.3. The van der Waals surface area contributed by atoms with Crippen LogP contribution in [0.3, 0.4) is 0 Å². The Hall–Kier alpha value is -1.93. The maximum absolute atomic E-state index is 10.5. The van der Waals surface area contributed by atoms with Crippen LogP contribution in [-0.2, 0) is 4.79 Å². The summed E-state index contributed by atoms with van der Waals surface area (Å²) >= 11 is 6.37. The zero-order valence-electron chi connectivity index (χ0n) is 9.75. The van der Waals surface area contributed by atoms with Gasteiger partial charge in [0.05, 0.1) is 11.3 Å². The third-order valence-corrected chi connectivity index (χ3v) is 3.27. The van der Waals surface area contributed by atoms with Crippen molar-refractivity contribution in [2.24, 2.45) is 5.73 Å². The molecule has 0 atom stereocenters. The summed E-state index contributed by atoms with van der Waals surface area (Å²) < 4.78 is 5.53. The number of oxazole rings is 1. The highest BCUT2D eigenvalue weighted by Gasteiger charge is 2.17. The number of carboxylic acids is 1. The summed E-state index contributed by atoms with van der Waals surface area (Å²) in [4.78, 5) is 15.6. The molecule has 0 aliphatic rings. The van der Waals surface area contributed by atoms with Crippen LogP contribution in [0.15, 0.2) is 21.9 Å². The maximum Gasteiger partial charge on any atom is 0.305 e. The monoisotopic (exact) mass is 297 g/mol. The lowest BCUT2D eigenvalue weighted by Gasteiger charge is -2.01. The first-order valence-electron chi connectivity index (χ1n) is 5.38. The molecule has 6 nitrogen and oxygen atoms in total. The molecule has 2 aromatic heterocycles. The minimum absolute atomic E-state index is 0.0359. The second-order valence-electron chi connectivity index (χ2n) is 3.61. The van der Waals surface area contributed by atoms with Crippen LogP contribution in [0, 0.1) is 0 Å². The summed E-state index contributed by atoms with van der Waals surface area (Å²) in [6, 6.07) is 3.74. The minimum Gasteiger partial charge on any atom is -0.481 e. The van der Waals surface area contributed by atoms with E-state index in [0.717, 1.165) is 4.88 Å². The molecular weight excluding hydrogens is 286 g/mol. The summed E-state index contributed by atoms with van der Waals surface area (Å²) in [7, 11) is 0. The largest absolute Gasteiger partial charge is 0.481 e. The number of nitrogens with zero attached hydrogens (tertiary/aromatic N) is 1. The van der Waals surface area contributed by atoms with Crippen molar-refractivity contribution in [2.45, 2.75) is 6.42 Å². The van der Waals surface area contributed by atoms with E-state index < -0.39 is 5.97 Å². The van der Waals surface area contributed by atoms with E-state index in [-0.39, 0.29) is 18.0 Å². The summed E-state index contributed by atoms with van der Waals surface area (Å²) in [5, 5.41) is 13.3. The molecule has 0 saturated heterocycles. The molecule has 4 N–H and O–H groups in total. The zero-order chi connectivity index (χ0) is 13.8. The number of hydrogen-bond donors (Lipinski definition) is 3. The molecule has 0 amide bonds. The molecule has 8 heteroatoms. The van der Waals surface area contributed by atoms with Gasteiger partial charge in [-0.15, -0.1) is 11.3 Å². The van der Waals surface area contributed by atoms with Gasteiger partial charge in [0, 0.05) is 6.54 Å². The van der Waals surface area contributed by atoms with Crippen molar-refractivity contribution in [3.8, 4) is 10.8 Å². The number of aliphatic carboxylic acids is 1. The van der Waals surface area contributed by atoms with Crippen LogP contribution in [0.25, 0.3) is 10.8 Å². The molecule has 19 heavy (non-hydrogen) atoms. The summed E-state index contributed by atoms with van der Waals surface area (Å²) in [5.41, 5.74) is 5.91. The zero-order valence-corrected chi connectivity index (χ0v) is 11.4. The van der Waals surface area contributed by atoms with Crippen molar-refractivity contribution < 1.29 is 14.3 Å². The molecule has 0 saturated carbocycles. The lowest BCUT2D eigenvalue weighted by atomic mass is 10.4. The van der Waals surface area contributed by atoms with E-state index in [9.17, 15) is 4.79 Å². The van der Waals surface area contributed by atoms with Crippen molar-refractivity contribution in [3.63, 3.8) is 0 Å². The first-order valence-corrected chi connectivity index (χ1v) is 6.67. The Morgan fingerprint density at radius 1 is 1.63 bits per heavy atom. The second-order valence-corrected chi connectivity index (χ2v) is 5.00. The fourth-order valence-electron chi connectivity index (χ4n) is 1.40. The Labute approximate surface area is 118 Å². The lowest BCUT2D eigenvalue weighted by molar-refractivity contribution is -0.136. The van der Waals surface area contributed by atoms with Gasteiger partial charge in [-0.05, 0) is 11.4 Å². The maximum atomic E-state index is 10.5. The van der Waals surface area contributed by atoms with Gasteiger partial charge in [0.25, 0.3) is 0 Å². The average Bonchev–Trinajstić information content (AvgIpc) is 2.96. The summed E-state index contributed by atoms with van der Waals surface area (Å²) in [6.45, 7) is 0.212. The minimum atomic E-state index is -0.901. The number of aromatic nitrogens is 1. The standard InChI is InChI=1S/C11H11N3O3S2/c12-9(18)8-11(13-4-3-7(15)16)17-10(14-8)6-2-1-5-19-6/h1-2,5,13H,3-4H2,(H2,12,18)(H,15,16). The summed E-state index contributed by atoms with van der Waals surface area (Å²) in [5.74, 6) is -0.185. The number of rotatable bonds is 6. The Bertz CT molecular complexity index is 592. The van der Waals surface area contributed by atoms with E-state index in [0.29, 0.717) is 17.5 Å². The van der Waals surface area contributed by atoms with Crippen molar-refractivity contribution in [1.82, 2.24) is 4.98 Å². The van der Waals surface area contributed by atoms with E-state index in [4.69, 9.17) is 27.5 Å². The lowest BCUT2D eigenvalue weighted by Crippen LogP contribution is -2.14. The van der Waals surface area contributed by atoms with Crippen molar-refractivity contribution in [1.29, 1.82) is 0 Å². The average molecular weight is 297 g/mol. The molecule has 0 aliphatic carbocycles. The molecule has 0 spiro atoms. The van der Waals surface area contributed by atoms with Crippen LogP contribution in [0.1, 0.15) is 12.1 Å². The molecule has 100 valence electrons. The van der Waals surface area contributed by atoms with Crippen molar-refractivity contribution >= 4 is 40.4 Å². The first kappa shape index (κ1) is 13.5. The highest BCUT2D eigenvalue weighted by Crippen LogP contribution is 2.28. The molecular formula is C11H11N3O3S2. The molecule has 0 aliphatic heterocycles. The van der Waals surface area contributed by atoms with Gasteiger partial charge >= 0.3 is 5.97 Å². The molecule has 2 aromatic rings. The Kier molecular flexibility index (Phi) is 4.13. The number of thiophene rings is 1. The van der Waals surface area contributed by atoms with Crippen LogP contribution >= 0.6 is 23.6 Å². The van der Waals surface area contributed by atoms with Crippen LogP contribution < -0.4 is 11.1 Å². The van der Waals surface area contributed by atoms with Crippen molar-refractivity contribution in [3.05, 3.63) is 23.2 Å². The first-order chi connectivity index (χ1) is 9.08. The quantitative estimate of drug-likeness (QED) is 0.700. The number of anilines is 1. The van der Waals surface area contributed by atoms with Crippen LogP contribution in [-0.4, -0.2) is 27.6 Å². The van der Waals surface area contributed by atoms with E-state index in [1.807, 2.05) is 17.5 Å². The van der Waals surface area contributed by atoms with E-state index >= 15 is 0 Å². The van der Waals surface area contributed by atoms with Gasteiger partial charge in [-0.3, -0.25) is 4.79 Å². The number of carboxylic acid groups (broad SMARTS) is 1. The van der Waals surface area contributed by atoms with Gasteiger partial charge < -0.3 is 20.6 Å².